The van der Waals surface area contributed by atoms with E-state index in [0.29, 0.717) is 6.04 Å². The van der Waals surface area contributed by atoms with Crippen LogP contribution < -0.4 is 5.32 Å². The lowest BCUT2D eigenvalue weighted by molar-refractivity contribution is 0.164. The van der Waals surface area contributed by atoms with Crippen LogP contribution >= 0.6 is 0 Å². The van der Waals surface area contributed by atoms with Crippen molar-refractivity contribution in [3.63, 3.8) is 0 Å². The third-order valence-corrected chi connectivity index (χ3v) is 3.33. The van der Waals surface area contributed by atoms with Crippen LogP contribution in [0.2, 0.25) is 0 Å². The molecule has 1 atom stereocenters. The Hall–Kier alpha value is -0.870. The van der Waals surface area contributed by atoms with Gasteiger partial charge in [0.05, 0.1) is 5.69 Å². The van der Waals surface area contributed by atoms with Gasteiger partial charge in [0.25, 0.3) is 0 Å². The molecule has 1 aliphatic rings. The van der Waals surface area contributed by atoms with Gasteiger partial charge in [0.2, 0.25) is 0 Å². The average molecular weight is 222 g/mol. The van der Waals surface area contributed by atoms with Crippen molar-refractivity contribution in [1.82, 2.24) is 20.0 Å². The van der Waals surface area contributed by atoms with Gasteiger partial charge in [-0.3, -0.25) is 9.58 Å². The molecule has 0 bridgehead atoms. The molecule has 1 N–H and O–H groups in total. The van der Waals surface area contributed by atoms with Crippen molar-refractivity contribution in [2.45, 2.75) is 32.4 Å². The van der Waals surface area contributed by atoms with E-state index in [0.717, 1.165) is 19.6 Å². The molecule has 2 heterocycles. The Morgan fingerprint density at radius 3 is 3.06 bits per heavy atom. The van der Waals surface area contributed by atoms with Crippen LogP contribution in [0.3, 0.4) is 0 Å². The summed E-state index contributed by atoms with van der Waals surface area (Å²) in [6, 6.07) is 2.79. The van der Waals surface area contributed by atoms with Gasteiger partial charge in [-0.1, -0.05) is 6.92 Å². The zero-order valence-corrected chi connectivity index (χ0v) is 10.3. The minimum Gasteiger partial charge on any atom is -0.315 e. The van der Waals surface area contributed by atoms with Crippen LogP contribution in [0, 0.1) is 0 Å². The highest BCUT2D eigenvalue weighted by molar-refractivity contribution is 4.99. The predicted molar refractivity (Wildman–Crippen MR) is 65.2 cm³/mol. The minimum atomic E-state index is 0.681. The topological polar surface area (TPSA) is 33.1 Å². The van der Waals surface area contributed by atoms with Crippen LogP contribution in [0.5, 0.6) is 0 Å². The normalized spacial score (nSPS) is 21.6. The summed E-state index contributed by atoms with van der Waals surface area (Å²) in [6.45, 7) is 6.61. The van der Waals surface area contributed by atoms with Crippen molar-refractivity contribution in [1.29, 1.82) is 0 Å². The maximum atomic E-state index is 4.45. The van der Waals surface area contributed by atoms with Gasteiger partial charge in [-0.25, -0.2) is 0 Å². The van der Waals surface area contributed by atoms with Crippen molar-refractivity contribution in [3.8, 4) is 0 Å². The monoisotopic (exact) mass is 222 g/mol. The molecular formula is C12H22N4. The Kier molecular flexibility index (Phi) is 3.96. The predicted octanol–water partition coefficient (Wildman–Crippen LogP) is 0.994. The van der Waals surface area contributed by atoms with E-state index in [4.69, 9.17) is 0 Å². The number of likely N-dealkylation sites (N-methyl/N-ethyl adjacent to an activating group) is 1. The molecule has 1 aliphatic heterocycles. The van der Waals surface area contributed by atoms with E-state index in [9.17, 15) is 0 Å². The molecular weight excluding hydrogens is 200 g/mol. The SMILES string of the molecule is CCN(Cc1ccn(C)n1)C1CCCNC1. The summed E-state index contributed by atoms with van der Waals surface area (Å²) in [6.07, 6.45) is 4.62. The van der Waals surface area contributed by atoms with Crippen molar-refractivity contribution >= 4 is 0 Å². The smallest absolute Gasteiger partial charge is 0.0764 e. The molecule has 2 rings (SSSR count). The van der Waals surface area contributed by atoms with Crippen LogP contribution in [-0.4, -0.2) is 40.4 Å². The molecule has 1 aromatic rings. The number of nitrogens with zero attached hydrogens (tertiary/aromatic N) is 3. The number of rotatable bonds is 4. The summed E-state index contributed by atoms with van der Waals surface area (Å²) in [4.78, 5) is 2.52. The van der Waals surface area contributed by atoms with E-state index < -0.39 is 0 Å². The van der Waals surface area contributed by atoms with E-state index in [-0.39, 0.29) is 0 Å². The minimum absolute atomic E-state index is 0.681. The molecule has 1 fully saturated rings. The molecule has 0 aliphatic carbocycles. The standard InChI is InChI=1S/C12H22N4/c1-3-16(12-5-4-7-13-9-12)10-11-6-8-15(2)14-11/h6,8,12-13H,3-5,7,9-10H2,1-2H3. The molecule has 0 amide bonds. The Labute approximate surface area is 97.6 Å². The van der Waals surface area contributed by atoms with Gasteiger partial charge in [0, 0.05) is 32.4 Å². The summed E-state index contributed by atoms with van der Waals surface area (Å²) >= 11 is 0. The van der Waals surface area contributed by atoms with Crippen molar-refractivity contribution in [2.75, 3.05) is 19.6 Å². The quantitative estimate of drug-likeness (QED) is 0.825. The van der Waals surface area contributed by atoms with Gasteiger partial charge in [-0.05, 0) is 32.0 Å². The second kappa shape index (κ2) is 5.46. The molecule has 16 heavy (non-hydrogen) atoms. The summed E-state index contributed by atoms with van der Waals surface area (Å²) < 4.78 is 1.88. The first-order valence-corrected chi connectivity index (χ1v) is 6.23. The fraction of sp³-hybridized carbons (Fsp3) is 0.750. The Morgan fingerprint density at radius 2 is 2.50 bits per heavy atom. The maximum Gasteiger partial charge on any atom is 0.0764 e. The zero-order chi connectivity index (χ0) is 11.4. The highest BCUT2D eigenvalue weighted by Gasteiger charge is 2.20. The first kappa shape index (κ1) is 11.6. The number of piperidine rings is 1. The van der Waals surface area contributed by atoms with Gasteiger partial charge in [0.15, 0.2) is 0 Å². The highest BCUT2D eigenvalue weighted by atomic mass is 15.3. The lowest BCUT2D eigenvalue weighted by Gasteiger charge is -2.33. The van der Waals surface area contributed by atoms with Gasteiger partial charge >= 0.3 is 0 Å². The molecule has 4 nitrogen and oxygen atoms in total. The van der Waals surface area contributed by atoms with Gasteiger partial charge < -0.3 is 5.32 Å². The van der Waals surface area contributed by atoms with Gasteiger partial charge in [-0.15, -0.1) is 0 Å². The Morgan fingerprint density at radius 1 is 1.62 bits per heavy atom. The van der Waals surface area contributed by atoms with Gasteiger partial charge in [-0.2, -0.15) is 5.10 Å². The second-order valence-electron chi connectivity index (χ2n) is 4.54. The van der Waals surface area contributed by atoms with Crippen LogP contribution in [0.25, 0.3) is 0 Å². The van der Waals surface area contributed by atoms with Gasteiger partial charge in [0.1, 0.15) is 0 Å². The molecule has 0 saturated carbocycles. The van der Waals surface area contributed by atoms with Crippen LogP contribution in [0.15, 0.2) is 12.3 Å². The summed E-state index contributed by atoms with van der Waals surface area (Å²) in [5, 5.41) is 7.92. The Bertz CT molecular complexity index is 315. The lowest BCUT2D eigenvalue weighted by Crippen LogP contribution is -2.45. The number of aryl methyl sites for hydroxylation is 1. The molecule has 0 radical (unpaired) electrons. The summed E-state index contributed by atoms with van der Waals surface area (Å²) in [5.74, 6) is 0. The van der Waals surface area contributed by atoms with E-state index >= 15 is 0 Å². The molecule has 0 spiro atoms. The Balaban J connectivity index is 1.94. The van der Waals surface area contributed by atoms with E-state index in [1.165, 1.54) is 25.1 Å². The number of hydrogen-bond acceptors (Lipinski definition) is 3. The number of nitrogens with one attached hydrogen (secondary N) is 1. The molecule has 1 unspecified atom stereocenters. The molecule has 1 aromatic heterocycles. The third kappa shape index (κ3) is 2.83. The van der Waals surface area contributed by atoms with Crippen LogP contribution in [-0.2, 0) is 13.6 Å². The summed E-state index contributed by atoms with van der Waals surface area (Å²) in [5.41, 5.74) is 1.18. The van der Waals surface area contributed by atoms with Crippen LogP contribution in [0.1, 0.15) is 25.5 Å². The van der Waals surface area contributed by atoms with E-state index in [1.807, 2.05) is 17.9 Å². The number of aromatic nitrogens is 2. The second-order valence-corrected chi connectivity index (χ2v) is 4.54. The summed E-state index contributed by atoms with van der Waals surface area (Å²) in [7, 11) is 1.97. The first-order valence-electron chi connectivity index (χ1n) is 6.23. The number of hydrogen-bond donors (Lipinski definition) is 1. The van der Waals surface area contributed by atoms with Crippen molar-refractivity contribution in [2.24, 2.45) is 7.05 Å². The molecule has 90 valence electrons. The van der Waals surface area contributed by atoms with Crippen molar-refractivity contribution in [3.05, 3.63) is 18.0 Å². The maximum absolute atomic E-state index is 4.45. The molecule has 0 aromatic carbocycles. The zero-order valence-electron chi connectivity index (χ0n) is 10.3. The largest absolute Gasteiger partial charge is 0.315 e. The molecule has 4 heteroatoms. The lowest BCUT2D eigenvalue weighted by atomic mass is 10.1. The molecule has 1 saturated heterocycles. The fourth-order valence-corrected chi connectivity index (χ4v) is 2.40. The van der Waals surface area contributed by atoms with E-state index in [2.05, 4.69) is 28.3 Å². The van der Waals surface area contributed by atoms with Crippen molar-refractivity contribution < 1.29 is 0 Å². The highest BCUT2D eigenvalue weighted by Crippen LogP contribution is 2.13. The van der Waals surface area contributed by atoms with E-state index in [1.54, 1.807) is 0 Å². The third-order valence-electron chi connectivity index (χ3n) is 3.33. The fourth-order valence-electron chi connectivity index (χ4n) is 2.40. The first-order chi connectivity index (χ1) is 7.79. The average Bonchev–Trinajstić information content (AvgIpc) is 2.73. The van der Waals surface area contributed by atoms with Crippen LogP contribution in [0.4, 0.5) is 0 Å².